The fourth-order valence-corrected chi connectivity index (χ4v) is 2.77. The lowest BCUT2D eigenvalue weighted by Crippen LogP contribution is -2.33. The Balaban J connectivity index is 1.71. The van der Waals surface area contributed by atoms with Crippen LogP contribution >= 0.6 is 0 Å². The number of carbonyl (C=O) groups excluding carboxylic acids is 1. The molecule has 0 spiro atoms. The zero-order valence-corrected chi connectivity index (χ0v) is 12.7. The van der Waals surface area contributed by atoms with Gasteiger partial charge in [-0.25, -0.2) is 0 Å². The molecule has 0 unspecified atom stereocenters. The Morgan fingerprint density at radius 1 is 1.32 bits per heavy atom. The first-order valence-corrected chi connectivity index (χ1v) is 7.63. The summed E-state index contributed by atoms with van der Waals surface area (Å²) < 4.78 is 5.08. The van der Waals surface area contributed by atoms with Gasteiger partial charge < -0.3 is 20.4 Å². The number of hydrogen-bond donors (Lipinski definition) is 2. The van der Waals surface area contributed by atoms with Gasteiger partial charge in [0.2, 0.25) is 0 Å². The maximum Gasteiger partial charge on any atom is 0.291 e. The van der Waals surface area contributed by atoms with E-state index in [0.717, 1.165) is 24.7 Å². The van der Waals surface area contributed by atoms with Gasteiger partial charge in [0.25, 0.3) is 5.91 Å². The highest BCUT2D eigenvalue weighted by atomic mass is 16.3. The minimum Gasteiger partial charge on any atom is -0.459 e. The predicted molar refractivity (Wildman–Crippen MR) is 88.1 cm³/mol. The van der Waals surface area contributed by atoms with Crippen LogP contribution in [0.15, 0.2) is 41.0 Å². The van der Waals surface area contributed by atoms with Crippen LogP contribution in [0, 0.1) is 5.92 Å². The summed E-state index contributed by atoms with van der Waals surface area (Å²) in [5, 5.41) is 2.79. The van der Waals surface area contributed by atoms with E-state index in [1.807, 2.05) is 12.1 Å². The Kier molecular flexibility index (Phi) is 4.04. The van der Waals surface area contributed by atoms with Gasteiger partial charge in [-0.3, -0.25) is 4.79 Å². The van der Waals surface area contributed by atoms with E-state index in [-0.39, 0.29) is 11.7 Å². The molecule has 1 amide bonds. The van der Waals surface area contributed by atoms with E-state index in [1.165, 1.54) is 19.1 Å². The monoisotopic (exact) mass is 299 g/mol. The fourth-order valence-electron chi connectivity index (χ4n) is 2.77. The molecular formula is C17H21N3O2. The van der Waals surface area contributed by atoms with Crippen molar-refractivity contribution < 1.29 is 9.21 Å². The average molecular weight is 299 g/mol. The van der Waals surface area contributed by atoms with E-state index in [0.29, 0.717) is 11.4 Å². The van der Waals surface area contributed by atoms with Gasteiger partial charge >= 0.3 is 0 Å². The molecule has 2 aromatic rings. The predicted octanol–water partition coefficient (Wildman–Crippen LogP) is 3.35. The van der Waals surface area contributed by atoms with Crippen LogP contribution in [0.5, 0.6) is 0 Å². The molecule has 1 aliphatic heterocycles. The number of nitrogens with zero attached hydrogens (tertiary/aromatic N) is 1. The van der Waals surface area contributed by atoms with Crippen molar-refractivity contribution in [2.24, 2.45) is 5.92 Å². The van der Waals surface area contributed by atoms with E-state index in [9.17, 15) is 4.79 Å². The number of nitrogen functional groups attached to an aromatic ring is 1. The van der Waals surface area contributed by atoms with Crippen LogP contribution in [-0.2, 0) is 0 Å². The number of amides is 1. The standard InChI is InChI=1S/C17H21N3O2/c1-12-6-8-20(9-7-12)15-5-4-13(11-14(15)18)19-17(21)16-3-2-10-22-16/h2-5,10-12H,6-9,18H2,1H3,(H,19,21). The minimum absolute atomic E-state index is 0.274. The summed E-state index contributed by atoms with van der Waals surface area (Å²) in [5.74, 6) is 0.793. The highest BCUT2D eigenvalue weighted by Crippen LogP contribution is 2.30. The summed E-state index contributed by atoms with van der Waals surface area (Å²) in [5.41, 5.74) is 8.57. The topological polar surface area (TPSA) is 71.5 Å². The highest BCUT2D eigenvalue weighted by Gasteiger charge is 2.18. The van der Waals surface area contributed by atoms with Gasteiger partial charge in [0.05, 0.1) is 17.6 Å². The summed E-state index contributed by atoms with van der Waals surface area (Å²) in [6.07, 6.45) is 3.86. The zero-order valence-electron chi connectivity index (χ0n) is 12.7. The molecule has 5 heteroatoms. The first kappa shape index (κ1) is 14.5. The molecule has 1 aromatic carbocycles. The van der Waals surface area contributed by atoms with E-state index in [4.69, 9.17) is 10.2 Å². The Hall–Kier alpha value is -2.43. The van der Waals surface area contributed by atoms with Crippen molar-refractivity contribution in [3.05, 3.63) is 42.4 Å². The summed E-state index contributed by atoms with van der Waals surface area (Å²) in [7, 11) is 0. The van der Waals surface area contributed by atoms with Crippen molar-refractivity contribution in [1.29, 1.82) is 0 Å². The molecule has 0 saturated carbocycles. The molecule has 22 heavy (non-hydrogen) atoms. The molecule has 3 N–H and O–H groups in total. The normalized spacial score (nSPS) is 15.8. The molecule has 5 nitrogen and oxygen atoms in total. The number of anilines is 3. The third kappa shape index (κ3) is 3.08. The molecule has 1 aliphatic rings. The van der Waals surface area contributed by atoms with Crippen LogP contribution in [-0.4, -0.2) is 19.0 Å². The Morgan fingerprint density at radius 3 is 2.73 bits per heavy atom. The summed E-state index contributed by atoms with van der Waals surface area (Å²) in [4.78, 5) is 14.3. The molecule has 2 heterocycles. The number of furan rings is 1. The quantitative estimate of drug-likeness (QED) is 0.853. The van der Waals surface area contributed by atoms with Crippen LogP contribution in [0.1, 0.15) is 30.3 Å². The lowest BCUT2D eigenvalue weighted by atomic mass is 9.98. The number of benzene rings is 1. The first-order valence-electron chi connectivity index (χ1n) is 7.63. The van der Waals surface area contributed by atoms with Gasteiger partial charge in [0.15, 0.2) is 5.76 Å². The molecule has 0 atom stereocenters. The van der Waals surface area contributed by atoms with Crippen LogP contribution in [0.4, 0.5) is 17.1 Å². The highest BCUT2D eigenvalue weighted by molar-refractivity contribution is 6.02. The maximum absolute atomic E-state index is 12.0. The second-order valence-corrected chi connectivity index (χ2v) is 5.87. The Bertz CT molecular complexity index is 644. The minimum atomic E-state index is -0.274. The van der Waals surface area contributed by atoms with E-state index in [1.54, 1.807) is 18.2 Å². The molecule has 1 fully saturated rings. The van der Waals surface area contributed by atoms with Crippen LogP contribution in [0.2, 0.25) is 0 Å². The van der Waals surface area contributed by atoms with Crippen LogP contribution in [0.25, 0.3) is 0 Å². The van der Waals surface area contributed by atoms with Crippen molar-refractivity contribution in [1.82, 2.24) is 0 Å². The van der Waals surface area contributed by atoms with Gasteiger partial charge in [-0.15, -0.1) is 0 Å². The number of hydrogen-bond acceptors (Lipinski definition) is 4. The molecule has 1 saturated heterocycles. The van der Waals surface area contributed by atoms with Gasteiger partial charge in [0, 0.05) is 18.8 Å². The lowest BCUT2D eigenvalue weighted by Gasteiger charge is -2.33. The van der Waals surface area contributed by atoms with Crippen molar-refractivity contribution in [2.75, 3.05) is 29.0 Å². The van der Waals surface area contributed by atoms with Crippen molar-refractivity contribution in [3.63, 3.8) is 0 Å². The number of rotatable bonds is 3. The first-order chi connectivity index (χ1) is 10.6. The maximum atomic E-state index is 12.0. The molecular weight excluding hydrogens is 278 g/mol. The number of carbonyl (C=O) groups is 1. The van der Waals surface area contributed by atoms with Crippen molar-refractivity contribution in [3.8, 4) is 0 Å². The van der Waals surface area contributed by atoms with E-state index < -0.39 is 0 Å². The Morgan fingerprint density at radius 2 is 2.09 bits per heavy atom. The van der Waals surface area contributed by atoms with E-state index >= 15 is 0 Å². The summed E-state index contributed by atoms with van der Waals surface area (Å²) >= 11 is 0. The van der Waals surface area contributed by atoms with Gasteiger partial charge in [0.1, 0.15) is 0 Å². The third-order valence-corrected chi connectivity index (χ3v) is 4.15. The third-order valence-electron chi connectivity index (χ3n) is 4.15. The zero-order chi connectivity index (χ0) is 15.5. The lowest BCUT2D eigenvalue weighted by molar-refractivity contribution is 0.0996. The van der Waals surface area contributed by atoms with Crippen molar-refractivity contribution in [2.45, 2.75) is 19.8 Å². The Labute approximate surface area is 130 Å². The number of piperidine rings is 1. The van der Waals surface area contributed by atoms with Gasteiger partial charge in [-0.1, -0.05) is 6.92 Å². The number of nitrogens with two attached hydrogens (primary N) is 1. The molecule has 0 radical (unpaired) electrons. The van der Waals surface area contributed by atoms with E-state index in [2.05, 4.69) is 17.1 Å². The second-order valence-electron chi connectivity index (χ2n) is 5.87. The largest absolute Gasteiger partial charge is 0.459 e. The average Bonchev–Trinajstić information content (AvgIpc) is 3.03. The van der Waals surface area contributed by atoms with Gasteiger partial charge in [-0.2, -0.15) is 0 Å². The number of nitrogens with one attached hydrogen (secondary N) is 1. The summed E-state index contributed by atoms with van der Waals surface area (Å²) in [6, 6.07) is 8.97. The smallest absolute Gasteiger partial charge is 0.291 e. The molecule has 1 aromatic heterocycles. The van der Waals surface area contributed by atoms with Crippen LogP contribution in [0.3, 0.4) is 0 Å². The second kappa shape index (κ2) is 6.13. The fraction of sp³-hybridized carbons (Fsp3) is 0.353. The molecule has 0 bridgehead atoms. The SMILES string of the molecule is CC1CCN(c2ccc(NC(=O)c3ccco3)cc2N)CC1. The van der Waals surface area contributed by atoms with Crippen molar-refractivity contribution >= 4 is 23.0 Å². The molecule has 116 valence electrons. The van der Waals surface area contributed by atoms with Crippen LogP contribution < -0.4 is 16.0 Å². The van der Waals surface area contributed by atoms with Gasteiger partial charge in [-0.05, 0) is 49.1 Å². The molecule has 0 aliphatic carbocycles. The molecule has 3 rings (SSSR count). The summed E-state index contributed by atoms with van der Waals surface area (Å²) in [6.45, 7) is 4.35.